The van der Waals surface area contributed by atoms with Crippen molar-refractivity contribution in [2.75, 3.05) is 33.9 Å². The predicted molar refractivity (Wildman–Crippen MR) is 134 cm³/mol. The molecule has 10 heteroatoms. The van der Waals surface area contributed by atoms with E-state index in [1.54, 1.807) is 7.05 Å². The standard InChI is InChI=1S/C27H37NO9/c1-8-28(6)26(31)36-24-19(23(32-7)17(3)20-15-34-25(30)22(20)24)11-9-16(2)10-12-21(29)33-13-18-14-35-27(4,5)37-18/h9,18H,8,10-15H2,1-7H3/b16-9+. The lowest BCUT2D eigenvalue weighted by Crippen LogP contribution is -2.30. The van der Waals surface area contributed by atoms with Gasteiger partial charge < -0.3 is 33.3 Å². The van der Waals surface area contributed by atoms with Gasteiger partial charge in [0, 0.05) is 31.1 Å². The van der Waals surface area contributed by atoms with Gasteiger partial charge in [0.05, 0.1) is 13.7 Å². The van der Waals surface area contributed by atoms with Crippen molar-refractivity contribution in [1.29, 1.82) is 0 Å². The quantitative estimate of drug-likeness (QED) is 0.333. The van der Waals surface area contributed by atoms with Crippen molar-refractivity contribution < 1.29 is 42.8 Å². The molecule has 2 aliphatic rings. The number of fused-ring (bicyclic) bond motifs is 1. The second kappa shape index (κ2) is 12.0. The van der Waals surface area contributed by atoms with Crippen LogP contribution in [0, 0.1) is 6.92 Å². The van der Waals surface area contributed by atoms with E-state index in [-0.39, 0.29) is 43.0 Å². The van der Waals surface area contributed by atoms with Gasteiger partial charge in [-0.25, -0.2) is 9.59 Å². The van der Waals surface area contributed by atoms with Crippen LogP contribution in [-0.2, 0) is 36.8 Å². The SMILES string of the molecule is CCN(C)C(=O)Oc1c(C/C=C(\C)CCC(=O)OCC2COC(C)(C)O2)c(OC)c(C)c2c1C(=O)OC2. The Balaban J connectivity index is 1.73. The van der Waals surface area contributed by atoms with Crippen molar-refractivity contribution in [3.63, 3.8) is 0 Å². The Hall–Kier alpha value is -3.11. The predicted octanol–water partition coefficient (Wildman–Crippen LogP) is 4.09. The third-order valence-corrected chi connectivity index (χ3v) is 6.48. The highest BCUT2D eigenvalue weighted by Crippen LogP contribution is 2.43. The number of carbonyl (C=O) groups is 3. The summed E-state index contributed by atoms with van der Waals surface area (Å²) in [5.41, 5.74) is 3.17. The number of nitrogens with zero attached hydrogens (tertiary/aromatic N) is 1. The molecule has 0 spiro atoms. The maximum atomic E-state index is 12.6. The molecule has 1 fully saturated rings. The molecule has 2 heterocycles. The number of ether oxygens (including phenoxy) is 6. The summed E-state index contributed by atoms with van der Waals surface area (Å²) >= 11 is 0. The maximum Gasteiger partial charge on any atom is 0.414 e. The first kappa shape index (κ1) is 28.5. The van der Waals surface area contributed by atoms with Crippen LogP contribution in [0.5, 0.6) is 11.5 Å². The van der Waals surface area contributed by atoms with Crippen LogP contribution in [0.4, 0.5) is 4.79 Å². The number of hydrogen-bond donors (Lipinski definition) is 0. The number of methoxy groups -OCH3 is 1. The normalized spacial score (nSPS) is 18.3. The van der Waals surface area contributed by atoms with E-state index < -0.39 is 17.8 Å². The molecule has 0 aliphatic carbocycles. The summed E-state index contributed by atoms with van der Waals surface area (Å²) in [6.45, 7) is 10.3. The Morgan fingerprint density at radius 2 is 1.95 bits per heavy atom. The van der Waals surface area contributed by atoms with Gasteiger partial charge in [0.15, 0.2) is 11.5 Å². The van der Waals surface area contributed by atoms with E-state index in [4.69, 9.17) is 28.4 Å². The highest BCUT2D eigenvalue weighted by atomic mass is 16.7. The van der Waals surface area contributed by atoms with Gasteiger partial charge in [-0.1, -0.05) is 11.6 Å². The molecular formula is C27H37NO9. The first-order valence-electron chi connectivity index (χ1n) is 12.4. The van der Waals surface area contributed by atoms with Crippen LogP contribution in [0.15, 0.2) is 11.6 Å². The van der Waals surface area contributed by atoms with Crippen LogP contribution >= 0.6 is 0 Å². The van der Waals surface area contributed by atoms with Gasteiger partial charge in [0.2, 0.25) is 0 Å². The zero-order valence-corrected chi connectivity index (χ0v) is 22.7. The number of carbonyl (C=O) groups excluding carboxylic acids is 3. The first-order chi connectivity index (χ1) is 17.5. The summed E-state index contributed by atoms with van der Waals surface area (Å²) < 4.78 is 33.1. The molecule has 0 saturated carbocycles. The van der Waals surface area contributed by atoms with E-state index >= 15 is 0 Å². The molecule has 0 N–H and O–H groups in total. The van der Waals surface area contributed by atoms with Crippen LogP contribution in [0.25, 0.3) is 0 Å². The molecule has 1 atom stereocenters. The second-order valence-electron chi connectivity index (χ2n) is 9.67. The highest BCUT2D eigenvalue weighted by Gasteiger charge is 2.35. The third kappa shape index (κ3) is 6.81. The fourth-order valence-corrected chi connectivity index (χ4v) is 4.20. The summed E-state index contributed by atoms with van der Waals surface area (Å²) in [4.78, 5) is 38.8. The number of cyclic esters (lactones) is 1. The van der Waals surface area contributed by atoms with Crippen LogP contribution < -0.4 is 9.47 Å². The number of benzene rings is 1. The van der Waals surface area contributed by atoms with Gasteiger partial charge in [-0.3, -0.25) is 4.79 Å². The number of allylic oxidation sites excluding steroid dienone is 2. The van der Waals surface area contributed by atoms with E-state index in [1.807, 2.05) is 40.7 Å². The lowest BCUT2D eigenvalue weighted by molar-refractivity contribution is -0.158. The molecule has 1 unspecified atom stereocenters. The summed E-state index contributed by atoms with van der Waals surface area (Å²) in [6.07, 6.45) is 2.08. The van der Waals surface area contributed by atoms with Crippen LogP contribution in [0.3, 0.4) is 0 Å². The lowest BCUT2D eigenvalue weighted by atomic mass is 9.94. The van der Waals surface area contributed by atoms with E-state index in [0.717, 1.165) is 11.1 Å². The van der Waals surface area contributed by atoms with Crippen molar-refractivity contribution in [2.45, 2.75) is 72.4 Å². The van der Waals surface area contributed by atoms with E-state index in [2.05, 4.69) is 0 Å². The number of hydrogen-bond acceptors (Lipinski definition) is 9. The molecule has 1 amide bonds. The number of esters is 2. The lowest BCUT2D eigenvalue weighted by Gasteiger charge is -2.21. The molecule has 0 radical (unpaired) electrons. The Morgan fingerprint density at radius 1 is 1.22 bits per heavy atom. The molecular weight excluding hydrogens is 482 g/mol. The second-order valence-corrected chi connectivity index (χ2v) is 9.67. The van der Waals surface area contributed by atoms with Gasteiger partial charge in [0.25, 0.3) is 0 Å². The fourth-order valence-electron chi connectivity index (χ4n) is 4.20. The topological polar surface area (TPSA) is 110 Å². The molecule has 1 aromatic carbocycles. The maximum absolute atomic E-state index is 12.6. The molecule has 1 saturated heterocycles. The van der Waals surface area contributed by atoms with Crippen molar-refractivity contribution in [2.24, 2.45) is 0 Å². The molecule has 1 aromatic rings. The Bertz CT molecular complexity index is 1080. The average molecular weight is 520 g/mol. The first-order valence-corrected chi connectivity index (χ1v) is 12.4. The zero-order valence-electron chi connectivity index (χ0n) is 22.7. The summed E-state index contributed by atoms with van der Waals surface area (Å²) in [5.74, 6) is -0.845. The van der Waals surface area contributed by atoms with Crippen molar-refractivity contribution in [3.8, 4) is 11.5 Å². The Labute approximate surface area is 217 Å². The van der Waals surface area contributed by atoms with Crippen molar-refractivity contribution in [1.82, 2.24) is 4.90 Å². The van der Waals surface area contributed by atoms with Gasteiger partial charge in [-0.15, -0.1) is 0 Å². The molecule has 3 rings (SSSR count). The molecule has 204 valence electrons. The summed E-state index contributed by atoms with van der Waals surface area (Å²) in [6, 6.07) is 0. The number of amides is 1. The fraction of sp³-hybridized carbons (Fsp3) is 0.593. The van der Waals surface area contributed by atoms with E-state index in [9.17, 15) is 14.4 Å². The van der Waals surface area contributed by atoms with E-state index in [1.165, 1.54) is 12.0 Å². The molecule has 0 aromatic heterocycles. The van der Waals surface area contributed by atoms with E-state index in [0.29, 0.717) is 42.9 Å². The number of rotatable bonds is 10. The molecule has 0 bridgehead atoms. The van der Waals surface area contributed by atoms with Gasteiger partial charge >= 0.3 is 18.0 Å². The largest absolute Gasteiger partial charge is 0.496 e. The minimum Gasteiger partial charge on any atom is -0.496 e. The van der Waals surface area contributed by atoms with Gasteiger partial charge in [-0.2, -0.15) is 0 Å². The zero-order chi connectivity index (χ0) is 27.3. The molecule has 37 heavy (non-hydrogen) atoms. The van der Waals surface area contributed by atoms with Crippen molar-refractivity contribution >= 4 is 18.0 Å². The monoisotopic (exact) mass is 519 g/mol. The van der Waals surface area contributed by atoms with Gasteiger partial charge in [0.1, 0.15) is 30.6 Å². The Kier molecular flexibility index (Phi) is 9.20. The Morgan fingerprint density at radius 3 is 2.57 bits per heavy atom. The van der Waals surface area contributed by atoms with Crippen molar-refractivity contribution in [3.05, 3.63) is 33.9 Å². The minimum atomic E-state index is -0.663. The molecule has 10 nitrogen and oxygen atoms in total. The molecule has 2 aliphatic heterocycles. The summed E-state index contributed by atoms with van der Waals surface area (Å²) in [7, 11) is 3.15. The van der Waals surface area contributed by atoms with Gasteiger partial charge in [-0.05, 0) is 53.0 Å². The average Bonchev–Trinajstić information content (AvgIpc) is 3.42. The highest BCUT2D eigenvalue weighted by molar-refractivity contribution is 5.99. The third-order valence-electron chi connectivity index (χ3n) is 6.48. The minimum absolute atomic E-state index is 0.0945. The van der Waals surface area contributed by atoms with Crippen LogP contribution in [0.2, 0.25) is 0 Å². The smallest absolute Gasteiger partial charge is 0.414 e. The van der Waals surface area contributed by atoms with Crippen LogP contribution in [0.1, 0.15) is 67.6 Å². The van der Waals surface area contributed by atoms with Crippen LogP contribution in [-0.4, -0.2) is 68.7 Å². The summed E-state index contributed by atoms with van der Waals surface area (Å²) in [5, 5.41) is 0.